The van der Waals surface area contributed by atoms with E-state index in [1.807, 2.05) is 11.3 Å². The second-order valence-corrected chi connectivity index (χ2v) is 7.05. The number of thiophene rings is 1. The predicted molar refractivity (Wildman–Crippen MR) is 73.4 cm³/mol. The number of rotatable bonds is 3. The molecule has 18 heavy (non-hydrogen) atoms. The molecule has 3 rings (SSSR count). The van der Waals surface area contributed by atoms with Crippen molar-refractivity contribution in [1.29, 1.82) is 0 Å². The van der Waals surface area contributed by atoms with Crippen LogP contribution in [0.2, 0.25) is 0 Å². The van der Waals surface area contributed by atoms with Gasteiger partial charge in [0.15, 0.2) is 5.82 Å². The Balaban J connectivity index is 1.78. The highest BCUT2D eigenvalue weighted by molar-refractivity contribution is 9.11. The van der Waals surface area contributed by atoms with Crippen molar-refractivity contribution in [3.63, 3.8) is 0 Å². The lowest BCUT2D eigenvalue weighted by molar-refractivity contribution is 0.408. The average molecular weight is 328 g/mol. The van der Waals surface area contributed by atoms with E-state index in [2.05, 4.69) is 54.9 Å². The molecule has 0 bridgehead atoms. The van der Waals surface area contributed by atoms with Gasteiger partial charge in [0.1, 0.15) is 0 Å². The van der Waals surface area contributed by atoms with Gasteiger partial charge in [-0.15, -0.1) is 21.5 Å². The third kappa shape index (κ3) is 2.34. The maximum absolute atomic E-state index is 4.03. The van der Waals surface area contributed by atoms with Gasteiger partial charge in [-0.2, -0.15) is 5.21 Å². The third-order valence-corrected chi connectivity index (χ3v) is 5.00. The van der Waals surface area contributed by atoms with Gasteiger partial charge in [-0.1, -0.05) is 5.21 Å². The molecule has 0 radical (unpaired) electrons. The van der Waals surface area contributed by atoms with Gasteiger partial charge in [0.2, 0.25) is 0 Å². The maximum Gasteiger partial charge on any atom is 0.191 e. The van der Waals surface area contributed by atoms with E-state index in [0.29, 0.717) is 6.04 Å². The summed E-state index contributed by atoms with van der Waals surface area (Å²) in [5.41, 5.74) is 1.42. The van der Waals surface area contributed by atoms with Crippen LogP contribution in [-0.2, 0) is 6.42 Å². The van der Waals surface area contributed by atoms with E-state index in [4.69, 9.17) is 0 Å². The number of hydrogen-bond donors (Lipinski definition) is 2. The van der Waals surface area contributed by atoms with E-state index in [0.717, 1.165) is 5.82 Å². The number of fused-ring (bicyclic) bond motifs is 1. The molecule has 0 aromatic carbocycles. The SMILES string of the molecule is CC(NC1CCCc2sc(Br)cc21)c1nn[nH]n1. The number of hydrogen-bond acceptors (Lipinski definition) is 5. The zero-order valence-corrected chi connectivity index (χ0v) is 12.4. The lowest BCUT2D eigenvalue weighted by Crippen LogP contribution is -2.27. The summed E-state index contributed by atoms with van der Waals surface area (Å²) < 4.78 is 1.22. The molecule has 2 heterocycles. The van der Waals surface area contributed by atoms with E-state index in [9.17, 15) is 0 Å². The molecule has 0 amide bonds. The first-order chi connectivity index (χ1) is 8.74. The summed E-state index contributed by atoms with van der Waals surface area (Å²) in [6.07, 6.45) is 3.59. The Morgan fingerprint density at radius 3 is 3.28 bits per heavy atom. The summed E-state index contributed by atoms with van der Waals surface area (Å²) in [5.74, 6) is 0.719. The van der Waals surface area contributed by atoms with Crippen molar-refractivity contribution in [2.75, 3.05) is 0 Å². The van der Waals surface area contributed by atoms with Crippen LogP contribution in [0.1, 0.15) is 48.1 Å². The van der Waals surface area contributed by atoms with E-state index in [-0.39, 0.29) is 6.04 Å². The first kappa shape index (κ1) is 12.3. The zero-order chi connectivity index (χ0) is 12.5. The van der Waals surface area contributed by atoms with E-state index in [1.165, 1.54) is 33.5 Å². The summed E-state index contributed by atoms with van der Waals surface area (Å²) in [4.78, 5) is 1.49. The Bertz CT molecular complexity index is 524. The zero-order valence-electron chi connectivity index (χ0n) is 9.98. The molecule has 2 aromatic heterocycles. The monoisotopic (exact) mass is 327 g/mol. The van der Waals surface area contributed by atoms with Crippen LogP contribution in [0.25, 0.3) is 0 Å². The van der Waals surface area contributed by atoms with E-state index < -0.39 is 0 Å². The fourth-order valence-electron chi connectivity index (χ4n) is 2.42. The average Bonchev–Trinajstić information content (AvgIpc) is 2.96. The molecule has 1 aliphatic carbocycles. The molecule has 0 saturated carbocycles. The minimum atomic E-state index is 0.110. The lowest BCUT2D eigenvalue weighted by atomic mass is 9.93. The summed E-state index contributed by atoms with van der Waals surface area (Å²) in [6.45, 7) is 2.07. The van der Waals surface area contributed by atoms with Gasteiger partial charge in [-0.05, 0) is 53.7 Å². The third-order valence-electron chi connectivity index (χ3n) is 3.28. The van der Waals surface area contributed by atoms with Crippen LogP contribution in [0.3, 0.4) is 0 Å². The van der Waals surface area contributed by atoms with Crippen LogP contribution in [0.4, 0.5) is 0 Å². The first-order valence-electron chi connectivity index (χ1n) is 6.01. The van der Waals surface area contributed by atoms with Gasteiger partial charge in [0.25, 0.3) is 0 Å². The Labute approximate surface area is 118 Å². The van der Waals surface area contributed by atoms with Crippen molar-refractivity contribution in [3.8, 4) is 0 Å². The molecule has 5 nitrogen and oxygen atoms in total. The van der Waals surface area contributed by atoms with Crippen molar-refractivity contribution in [2.24, 2.45) is 0 Å². The van der Waals surface area contributed by atoms with Crippen molar-refractivity contribution >= 4 is 27.3 Å². The fourth-order valence-corrected chi connectivity index (χ4v) is 4.24. The second-order valence-electron chi connectivity index (χ2n) is 4.53. The van der Waals surface area contributed by atoms with Gasteiger partial charge < -0.3 is 5.32 Å². The van der Waals surface area contributed by atoms with Crippen LogP contribution in [0.15, 0.2) is 9.85 Å². The van der Waals surface area contributed by atoms with Gasteiger partial charge >= 0.3 is 0 Å². The fraction of sp³-hybridized carbons (Fsp3) is 0.545. The van der Waals surface area contributed by atoms with Crippen LogP contribution in [0.5, 0.6) is 0 Å². The van der Waals surface area contributed by atoms with Crippen molar-refractivity contribution < 1.29 is 0 Å². The van der Waals surface area contributed by atoms with Crippen molar-refractivity contribution in [3.05, 3.63) is 26.1 Å². The van der Waals surface area contributed by atoms with Crippen LogP contribution in [0, 0.1) is 0 Å². The van der Waals surface area contributed by atoms with Crippen LogP contribution in [-0.4, -0.2) is 20.6 Å². The molecule has 0 spiro atoms. The smallest absolute Gasteiger partial charge is 0.191 e. The molecule has 0 saturated heterocycles. The molecular formula is C11H14BrN5S. The largest absolute Gasteiger partial charge is 0.300 e. The number of nitrogens with zero attached hydrogens (tertiary/aromatic N) is 3. The molecule has 96 valence electrons. The summed E-state index contributed by atoms with van der Waals surface area (Å²) in [7, 11) is 0. The Morgan fingerprint density at radius 1 is 1.61 bits per heavy atom. The standard InChI is InChI=1S/C11H14BrN5S/c1-6(11-14-16-17-15-11)13-8-3-2-4-9-7(8)5-10(12)18-9/h5-6,8,13H,2-4H2,1H3,(H,14,15,16,17). The normalized spacial score (nSPS) is 20.7. The highest BCUT2D eigenvalue weighted by Crippen LogP contribution is 2.38. The Morgan fingerprint density at radius 2 is 2.50 bits per heavy atom. The van der Waals surface area contributed by atoms with E-state index >= 15 is 0 Å². The number of nitrogens with one attached hydrogen (secondary N) is 2. The minimum Gasteiger partial charge on any atom is -0.300 e. The molecule has 7 heteroatoms. The van der Waals surface area contributed by atoms with Gasteiger partial charge in [-0.3, -0.25) is 0 Å². The topological polar surface area (TPSA) is 66.5 Å². The Kier molecular flexibility index (Phi) is 3.45. The maximum atomic E-state index is 4.03. The second kappa shape index (κ2) is 5.07. The molecule has 2 atom stereocenters. The summed E-state index contributed by atoms with van der Waals surface area (Å²) in [5, 5.41) is 17.7. The number of halogens is 1. The van der Waals surface area contributed by atoms with Crippen LogP contribution >= 0.6 is 27.3 Å². The first-order valence-corrected chi connectivity index (χ1v) is 7.62. The molecule has 0 aliphatic heterocycles. The van der Waals surface area contributed by atoms with Crippen molar-refractivity contribution in [2.45, 2.75) is 38.3 Å². The number of H-pyrrole nitrogens is 1. The lowest BCUT2D eigenvalue weighted by Gasteiger charge is -2.25. The summed E-state index contributed by atoms with van der Waals surface area (Å²) >= 11 is 5.42. The van der Waals surface area contributed by atoms with Gasteiger partial charge in [0, 0.05) is 10.9 Å². The van der Waals surface area contributed by atoms with Crippen molar-refractivity contribution in [1.82, 2.24) is 25.9 Å². The number of aromatic nitrogens is 4. The molecule has 2 N–H and O–H groups in total. The van der Waals surface area contributed by atoms with E-state index in [1.54, 1.807) is 0 Å². The Hall–Kier alpha value is -0.790. The number of tetrazole rings is 1. The van der Waals surface area contributed by atoms with Gasteiger partial charge in [0.05, 0.1) is 9.83 Å². The quantitative estimate of drug-likeness (QED) is 0.909. The highest BCUT2D eigenvalue weighted by Gasteiger charge is 2.25. The van der Waals surface area contributed by atoms with Gasteiger partial charge in [-0.25, -0.2) is 0 Å². The van der Waals surface area contributed by atoms with Crippen LogP contribution < -0.4 is 5.32 Å². The number of aryl methyl sites for hydroxylation is 1. The highest BCUT2D eigenvalue weighted by atomic mass is 79.9. The predicted octanol–water partition coefficient (Wildman–Crippen LogP) is 2.75. The minimum absolute atomic E-state index is 0.110. The number of aromatic amines is 1. The molecule has 0 fully saturated rings. The molecular weight excluding hydrogens is 314 g/mol. The molecule has 1 aliphatic rings. The molecule has 2 aromatic rings. The molecule has 2 unspecified atom stereocenters. The summed E-state index contributed by atoms with van der Waals surface area (Å²) in [6, 6.07) is 2.74.